The summed E-state index contributed by atoms with van der Waals surface area (Å²) in [6.07, 6.45) is 0. The summed E-state index contributed by atoms with van der Waals surface area (Å²) in [6, 6.07) is 6.04. The van der Waals surface area contributed by atoms with Crippen LogP contribution in [-0.4, -0.2) is 60.0 Å². The largest absolute Gasteiger partial charge is 0.314 e. The van der Waals surface area contributed by atoms with E-state index in [4.69, 9.17) is 0 Å². The lowest BCUT2D eigenvalue weighted by atomic mass is 10.0. The van der Waals surface area contributed by atoms with E-state index in [-0.39, 0.29) is 10.6 Å². The monoisotopic (exact) mass is 354 g/mol. The molecule has 2 aliphatic heterocycles. The van der Waals surface area contributed by atoms with E-state index in [0.717, 1.165) is 51.4 Å². The second-order valence-electron chi connectivity index (χ2n) is 5.68. The quantitative estimate of drug-likeness (QED) is 0.654. The van der Waals surface area contributed by atoms with Crippen molar-refractivity contribution in [2.24, 2.45) is 0 Å². The molecule has 0 aromatic heterocycles. The standard InChI is InChI=1S/C14H19BrN4O2/c15-13-2-1-11(7-14(13)19(20)21)8-17-9-12(10-17)18-5-3-16-4-6-18/h1-2,7,12,16H,3-6,8-10H2. The number of nitro benzene ring substituents is 1. The number of nitrogens with zero attached hydrogens (tertiary/aromatic N) is 3. The number of benzene rings is 1. The predicted molar refractivity (Wildman–Crippen MR) is 84.3 cm³/mol. The van der Waals surface area contributed by atoms with Gasteiger partial charge in [-0.25, -0.2) is 0 Å². The molecular formula is C14H19BrN4O2. The molecule has 7 heteroatoms. The van der Waals surface area contributed by atoms with Crippen molar-refractivity contribution in [3.8, 4) is 0 Å². The van der Waals surface area contributed by atoms with E-state index in [0.29, 0.717) is 10.5 Å². The lowest BCUT2D eigenvalue weighted by Gasteiger charge is -2.46. The molecule has 2 fully saturated rings. The Kier molecular flexibility index (Phi) is 4.54. The Labute approximate surface area is 132 Å². The Bertz CT molecular complexity index is 528. The van der Waals surface area contributed by atoms with Crippen molar-refractivity contribution in [2.75, 3.05) is 39.3 Å². The molecule has 114 valence electrons. The Balaban J connectivity index is 1.54. The summed E-state index contributed by atoms with van der Waals surface area (Å²) < 4.78 is 0.540. The van der Waals surface area contributed by atoms with Gasteiger partial charge in [0, 0.05) is 57.9 Å². The highest BCUT2D eigenvalue weighted by Crippen LogP contribution is 2.27. The number of hydrogen-bond donors (Lipinski definition) is 1. The van der Waals surface area contributed by atoms with Crippen molar-refractivity contribution in [1.82, 2.24) is 15.1 Å². The Morgan fingerprint density at radius 2 is 2.05 bits per heavy atom. The molecule has 0 unspecified atom stereocenters. The van der Waals surface area contributed by atoms with Crippen LogP contribution in [0.2, 0.25) is 0 Å². The number of nitro groups is 1. The third kappa shape index (κ3) is 3.42. The molecule has 0 bridgehead atoms. The number of likely N-dealkylation sites (tertiary alicyclic amines) is 1. The zero-order chi connectivity index (χ0) is 14.8. The molecule has 0 atom stereocenters. The van der Waals surface area contributed by atoms with Crippen LogP contribution in [-0.2, 0) is 6.54 Å². The fourth-order valence-electron chi connectivity index (χ4n) is 3.00. The average molecular weight is 355 g/mol. The summed E-state index contributed by atoms with van der Waals surface area (Å²) in [7, 11) is 0. The highest BCUT2D eigenvalue weighted by Gasteiger charge is 2.32. The van der Waals surface area contributed by atoms with Gasteiger partial charge in [0.05, 0.1) is 9.40 Å². The summed E-state index contributed by atoms with van der Waals surface area (Å²) in [5, 5.41) is 14.3. The lowest BCUT2D eigenvalue weighted by Crippen LogP contribution is -2.62. The predicted octanol–water partition coefficient (Wildman–Crippen LogP) is 1.45. The lowest BCUT2D eigenvalue weighted by molar-refractivity contribution is -0.385. The number of rotatable bonds is 4. The molecule has 3 rings (SSSR count). The van der Waals surface area contributed by atoms with Crippen molar-refractivity contribution >= 4 is 21.6 Å². The van der Waals surface area contributed by atoms with Crippen molar-refractivity contribution < 1.29 is 4.92 Å². The fourth-order valence-corrected chi connectivity index (χ4v) is 3.40. The van der Waals surface area contributed by atoms with Crippen molar-refractivity contribution in [3.63, 3.8) is 0 Å². The summed E-state index contributed by atoms with van der Waals surface area (Å²) in [5.41, 5.74) is 1.15. The third-order valence-electron chi connectivity index (χ3n) is 4.22. The molecule has 21 heavy (non-hydrogen) atoms. The Morgan fingerprint density at radius 1 is 1.33 bits per heavy atom. The molecule has 6 nitrogen and oxygen atoms in total. The first-order valence-electron chi connectivity index (χ1n) is 7.23. The molecule has 2 heterocycles. The van der Waals surface area contributed by atoms with Gasteiger partial charge in [0.25, 0.3) is 5.69 Å². The van der Waals surface area contributed by atoms with Gasteiger partial charge >= 0.3 is 0 Å². The van der Waals surface area contributed by atoms with Crippen LogP contribution in [0.4, 0.5) is 5.69 Å². The molecule has 0 aliphatic carbocycles. The van der Waals surface area contributed by atoms with E-state index in [1.54, 1.807) is 12.1 Å². The normalized spacial score (nSPS) is 21.2. The first-order valence-corrected chi connectivity index (χ1v) is 8.03. The summed E-state index contributed by atoms with van der Waals surface area (Å²) in [5.74, 6) is 0. The first kappa shape index (κ1) is 14.9. The Hall–Kier alpha value is -1.02. The van der Waals surface area contributed by atoms with Gasteiger partial charge in [-0.3, -0.25) is 19.9 Å². The van der Waals surface area contributed by atoms with Gasteiger partial charge in [0.15, 0.2) is 0 Å². The van der Waals surface area contributed by atoms with Crippen LogP contribution in [0.3, 0.4) is 0 Å². The minimum absolute atomic E-state index is 0.145. The topological polar surface area (TPSA) is 61.7 Å². The molecular weight excluding hydrogens is 336 g/mol. The third-order valence-corrected chi connectivity index (χ3v) is 4.89. The van der Waals surface area contributed by atoms with Gasteiger partial charge < -0.3 is 5.32 Å². The van der Waals surface area contributed by atoms with Gasteiger partial charge in [0.2, 0.25) is 0 Å². The molecule has 1 aromatic carbocycles. The number of halogens is 1. The van der Waals surface area contributed by atoms with Crippen molar-refractivity contribution in [1.29, 1.82) is 0 Å². The second-order valence-corrected chi connectivity index (χ2v) is 6.53. The minimum Gasteiger partial charge on any atom is -0.314 e. The van der Waals surface area contributed by atoms with Crippen LogP contribution < -0.4 is 5.32 Å². The Morgan fingerprint density at radius 3 is 2.71 bits per heavy atom. The average Bonchev–Trinajstić information content (AvgIpc) is 2.44. The molecule has 1 aromatic rings. The number of nitrogens with one attached hydrogen (secondary N) is 1. The molecule has 2 saturated heterocycles. The summed E-state index contributed by atoms with van der Waals surface area (Å²) in [6.45, 7) is 7.32. The van der Waals surface area contributed by atoms with Crippen LogP contribution in [0.5, 0.6) is 0 Å². The maximum absolute atomic E-state index is 11.0. The molecule has 0 saturated carbocycles. The molecule has 0 amide bonds. The zero-order valence-electron chi connectivity index (χ0n) is 11.8. The summed E-state index contributed by atoms with van der Waals surface area (Å²) >= 11 is 3.22. The van der Waals surface area contributed by atoms with E-state index in [2.05, 4.69) is 31.0 Å². The van der Waals surface area contributed by atoms with Crippen molar-refractivity contribution in [2.45, 2.75) is 12.6 Å². The van der Waals surface area contributed by atoms with Crippen LogP contribution >= 0.6 is 15.9 Å². The minimum atomic E-state index is -0.340. The van der Waals surface area contributed by atoms with Crippen molar-refractivity contribution in [3.05, 3.63) is 38.3 Å². The smallest absolute Gasteiger partial charge is 0.283 e. The highest BCUT2D eigenvalue weighted by molar-refractivity contribution is 9.10. The number of piperazine rings is 1. The number of hydrogen-bond acceptors (Lipinski definition) is 5. The maximum atomic E-state index is 11.0. The molecule has 0 spiro atoms. The van der Waals surface area contributed by atoms with Crippen LogP contribution in [0.25, 0.3) is 0 Å². The highest BCUT2D eigenvalue weighted by atomic mass is 79.9. The first-order chi connectivity index (χ1) is 10.1. The zero-order valence-corrected chi connectivity index (χ0v) is 13.4. The van der Waals surface area contributed by atoms with E-state index in [1.165, 1.54) is 0 Å². The van der Waals surface area contributed by atoms with Gasteiger partial charge in [-0.2, -0.15) is 0 Å². The van der Waals surface area contributed by atoms with E-state index >= 15 is 0 Å². The maximum Gasteiger partial charge on any atom is 0.283 e. The second kappa shape index (κ2) is 6.39. The van der Waals surface area contributed by atoms with Crippen LogP contribution in [0, 0.1) is 10.1 Å². The van der Waals surface area contributed by atoms with Gasteiger partial charge in [-0.15, -0.1) is 0 Å². The SMILES string of the molecule is O=[N+]([O-])c1cc(CN2CC(N3CCNCC3)C2)ccc1Br. The van der Waals surface area contributed by atoms with Gasteiger partial charge in [0.1, 0.15) is 0 Å². The van der Waals surface area contributed by atoms with Gasteiger partial charge in [-0.05, 0) is 27.6 Å². The molecule has 0 radical (unpaired) electrons. The van der Waals surface area contributed by atoms with Gasteiger partial charge in [-0.1, -0.05) is 6.07 Å². The molecule has 2 aliphatic rings. The van der Waals surface area contributed by atoms with E-state index in [1.807, 2.05) is 6.07 Å². The van der Waals surface area contributed by atoms with Crippen LogP contribution in [0.1, 0.15) is 5.56 Å². The van der Waals surface area contributed by atoms with E-state index in [9.17, 15) is 10.1 Å². The van der Waals surface area contributed by atoms with E-state index < -0.39 is 0 Å². The fraction of sp³-hybridized carbons (Fsp3) is 0.571. The summed E-state index contributed by atoms with van der Waals surface area (Å²) in [4.78, 5) is 15.5. The van der Waals surface area contributed by atoms with Crippen LogP contribution in [0.15, 0.2) is 22.7 Å². The molecule has 1 N–H and O–H groups in total.